The van der Waals surface area contributed by atoms with Crippen molar-refractivity contribution >= 4 is 23.4 Å². The number of nitrogens with one attached hydrogen (secondary N) is 1. The maximum Gasteiger partial charge on any atom is 0.253 e. The Kier molecular flexibility index (Phi) is 4.75. The van der Waals surface area contributed by atoms with E-state index in [1.165, 1.54) is 12.8 Å². The fraction of sp³-hybridized carbons (Fsp3) is 0.533. The Morgan fingerprint density at radius 2 is 2.00 bits per heavy atom. The highest BCUT2D eigenvalue weighted by Gasteiger charge is 2.22. The summed E-state index contributed by atoms with van der Waals surface area (Å²) in [5, 5.41) is 3.88. The van der Waals surface area contributed by atoms with Crippen LogP contribution < -0.4 is 11.1 Å². The second-order valence-electron chi connectivity index (χ2n) is 5.27. The van der Waals surface area contributed by atoms with Crippen LogP contribution in [0.25, 0.3) is 0 Å². The number of thioether (sulfide) groups is 1. The van der Waals surface area contributed by atoms with Gasteiger partial charge in [-0.25, -0.2) is 0 Å². The predicted octanol–water partition coefficient (Wildman–Crippen LogP) is 2.98. The lowest BCUT2D eigenvalue weighted by Gasteiger charge is -2.28. The third-order valence-corrected chi connectivity index (χ3v) is 4.93. The van der Waals surface area contributed by atoms with Crippen molar-refractivity contribution in [2.75, 3.05) is 12.0 Å². The van der Waals surface area contributed by atoms with Crippen LogP contribution in [0.3, 0.4) is 0 Å². The lowest BCUT2D eigenvalue weighted by atomic mass is 9.94. The first-order chi connectivity index (χ1) is 9.10. The molecule has 0 unspecified atom stereocenters. The van der Waals surface area contributed by atoms with E-state index in [9.17, 15) is 4.79 Å². The number of aryl methyl sites for hydroxylation is 1. The highest BCUT2D eigenvalue weighted by Crippen LogP contribution is 2.27. The molecule has 4 heteroatoms. The number of rotatable bonds is 3. The number of benzene rings is 1. The molecule has 0 saturated heterocycles. The maximum atomic E-state index is 12.2. The third-order valence-electron chi connectivity index (χ3n) is 3.80. The number of nitrogen functional groups attached to an aromatic ring is 1. The van der Waals surface area contributed by atoms with Crippen LogP contribution in [-0.4, -0.2) is 23.5 Å². The van der Waals surface area contributed by atoms with Gasteiger partial charge in [0, 0.05) is 17.0 Å². The summed E-state index contributed by atoms with van der Waals surface area (Å²) in [6, 6.07) is 5.89. The van der Waals surface area contributed by atoms with Crippen LogP contribution in [0.2, 0.25) is 0 Å². The first kappa shape index (κ1) is 14.3. The number of carbonyl (C=O) groups excluding carboxylic acids is 1. The molecule has 0 bridgehead atoms. The number of amides is 1. The molecule has 1 aliphatic carbocycles. The third kappa shape index (κ3) is 3.66. The summed E-state index contributed by atoms with van der Waals surface area (Å²) >= 11 is 1.93. The normalized spacial score (nSPS) is 23.1. The molecule has 0 aliphatic heterocycles. The molecular weight excluding hydrogens is 256 g/mol. The van der Waals surface area contributed by atoms with Crippen molar-refractivity contribution in [3.8, 4) is 0 Å². The molecule has 1 aromatic carbocycles. The lowest BCUT2D eigenvalue weighted by molar-refractivity contribution is 0.0929. The highest BCUT2D eigenvalue weighted by molar-refractivity contribution is 7.99. The van der Waals surface area contributed by atoms with E-state index >= 15 is 0 Å². The van der Waals surface area contributed by atoms with Gasteiger partial charge >= 0.3 is 0 Å². The van der Waals surface area contributed by atoms with Crippen LogP contribution in [-0.2, 0) is 0 Å². The fourth-order valence-electron chi connectivity index (χ4n) is 2.57. The topological polar surface area (TPSA) is 55.1 Å². The van der Waals surface area contributed by atoms with Crippen molar-refractivity contribution in [1.82, 2.24) is 5.32 Å². The summed E-state index contributed by atoms with van der Waals surface area (Å²) in [6.07, 6.45) is 6.69. The maximum absolute atomic E-state index is 12.2. The van der Waals surface area contributed by atoms with E-state index in [0.29, 0.717) is 17.3 Å². The van der Waals surface area contributed by atoms with Gasteiger partial charge in [0.15, 0.2) is 0 Å². The van der Waals surface area contributed by atoms with Gasteiger partial charge in [0.25, 0.3) is 5.91 Å². The van der Waals surface area contributed by atoms with Crippen molar-refractivity contribution in [2.45, 2.75) is 43.9 Å². The zero-order valence-electron chi connectivity index (χ0n) is 11.6. The molecule has 1 fully saturated rings. The predicted molar refractivity (Wildman–Crippen MR) is 82.6 cm³/mol. The molecule has 0 heterocycles. The van der Waals surface area contributed by atoms with E-state index in [1.54, 1.807) is 6.07 Å². The molecule has 19 heavy (non-hydrogen) atoms. The number of hydrogen-bond donors (Lipinski definition) is 2. The summed E-state index contributed by atoms with van der Waals surface area (Å²) in [5.74, 6) is -0.0335. The van der Waals surface area contributed by atoms with Crippen LogP contribution in [0.1, 0.15) is 41.6 Å². The number of anilines is 1. The van der Waals surface area contributed by atoms with Crippen molar-refractivity contribution in [2.24, 2.45) is 0 Å². The Balaban J connectivity index is 1.96. The van der Waals surface area contributed by atoms with Gasteiger partial charge in [-0.2, -0.15) is 11.8 Å². The van der Waals surface area contributed by atoms with Gasteiger partial charge < -0.3 is 11.1 Å². The minimum Gasteiger partial charge on any atom is -0.398 e. The molecule has 1 aromatic rings. The molecule has 0 atom stereocenters. The van der Waals surface area contributed by atoms with E-state index in [-0.39, 0.29) is 5.91 Å². The SMILES string of the molecule is CSC1CCC(NC(=O)c2cc(C)ccc2N)CC1. The highest BCUT2D eigenvalue weighted by atomic mass is 32.2. The minimum absolute atomic E-state index is 0.0335. The van der Waals surface area contributed by atoms with Crippen molar-refractivity contribution < 1.29 is 4.79 Å². The van der Waals surface area contributed by atoms with Gasteiger partial charge in [-0.15, -0.1) is 0 Å². The summed E-state index contributed by atoms with van der Waals surface area (Å²) in [7, 11) is 0. The average Bonchev–Trinajstić information content (AvgIpc) is 2.42. The van der Waals surface area contributed by atoms with E-state index in [4.69, 9.17) is 5.73 Å². The van der Waals surface area contributed by atoms with E-state index in [2.05, 4.69) is 11.6 Å². The van der Waals surface area contributed by atoms with Crippen LogP contribution >= 0.6 is 11.8 Å². The number of hydrogen-bond acceptors (Lipinski definition) is 3. The molecule has 104 valence electrons. The van der Waals surface area contributed by atoms with Gasteiger partial charge in [0.05, 0.1) is 5.56 Å². The smallest absolute Gasteiger partial charge is 0.253 e. The Labute approximate surface area is 119 Å². The van der Waals surface area contributed by atoms with Gasteiger partial charge in [0.2, 0.25) is 0 Å². The molecule has 3 N–H and O–H groups in total. The summed E-state index contributed by atoms with van der Waals surface area (Å²) in [5.41, 5.74) is 8.10. The molecule has 1 saturated carbocycles. The Morgan fingerprint density at radius 3 is 2.63 bits per heavy atom. The molecule has 0 radical (unpaired) electrons. The average molecular weight is 278 g/mol. The zero-order valence-corrected chi connectivity index (χ0v) is 12.4. The van der Waals surface area contributed by atoms with Gasteiger partial charge in [0.1, 0.15) is 0 Å². The van der Waals surface area contributed by atoms with Crippen molar-refractivity contribution in [3.05, 3.63) is 29.3 Å². The monoisotopic (exact) mass is 278 g/mol. The Bertz CT molecular complexity index is 453. The van der Waals surface area contributed by atoms with Gasteiger partial charge in [-0.1, -0.05) is 11.6 Å². The van der Waals surface area contributed by atoms with Crippen molar-refractivity contribution in [3.63, 3.8) is 0 Å². The quantitative estimate of drug-likeness (QED) is 0.836. The van der Waals surface area contributed by atoms with Crippen LogP contribution in [0, 0.1) is 6.92 Å². The van der Waals surface area contributed by atoms with Crippen LogP contribution in [0.15, 0.2) is 18.2 Å². The largest absolute Gasteiger partial charge is 0.398 e. The molecule has 1 aliphatic rings. The summed E-state index contributed by atoms with van der Waals surface area (Å²) in [4.78, 5) is 12.2. The summed E-state index contributed by atoms with van der Waals surface area (Å²) < 4.78 is 0. The van der Waals surface area contributed by atoms with E-state index in [0.717, 1.165) is 23.7 Å². The zero-order chi connectivity index (χ0) is 13.8. The molecule has 0 spiro atoms. The number of carbonyl (C=O) groups is 1. The second kappa shape index (κ2) is 6.33. The molecule has 0 aromatic heterocycles. The van der Waals surface area contributed by atoms with Crippen LogP contribution in [0.5, 0.6) is 0 Å². The van der Waals surface area contributed by atoms with Crippen LogP contribution in [0.4, 0.5) is 5.69 Å². The van der Waals surface area contributed by atoms with E-state index < -0.39 is 0 Å². The van der Waals surface area contributed by atoms with Gasteiger partial charge in [-0.3, -0.25) is 4.79 Å². The van der Waals surface area contributed by atoms with E-state index in [1.807, 2.05) is 30.8 Å². The Hall–Kier alpha value is -1.16. The summed E-state index contributed by atoms with van der Waals surface area (Å²) in [6.45, 7) is 1.97. The molecular formula is C15H22N2OS. The van der Waals surface area contributed by atoms with Gasteiger partial charge in [-0.05, 0) is 51.0 Å². The molecule has 2 rings (SSSR count). The fourth-order valence-corrected chi connectivity index (χ4v) is 3.32. The standard InChI is InChI=1S/C15H22N2OS/c1-10-3-8-14(16)13(9-10)15(18)17-11-4-6-12(19-2)7-5-11/h3,8-9,11-12H,4-7,16H2,1-2H3,(H,17,18). The number of nitrogens with two attached hydrogens (primary N) is 1. The molecule has 3 nitrogen and oxygen atoms in total. The minimum atomic E-state index is -0.0335. The first-order valence-electron chi connectivity index (χ1n) is 6.80. The first-order valence-corrected chi connectivity index (χ1v) is 8.08. The van der Waals surface area contributed by atoms with Crippen molar-refractivity contribution in [1.29, 1.82) is 0 Å². The Morgan fingerprint density at radius 1 is 1.32 bits per heavy atom. The second-order valence-corrected chi connectivity index (χ2v) is 6.41. The lowest BCUT2D eigenvalue weighted by Crippen LogP contribution is -2.38. The molecule has 1 amide bonds.